The molecule has 0 fully saturated rings. The lowest BCUT2D eigenvalue weighted by molar-refractivity contribution is 0.374. The standard InChI is InChI=1S/C18H14N4O2/c23-18-13(7-6-12-4-3-10-20-16(12)18)17(14-8-11-21-24-14)22-15-5-1-2-9-19-15/h1-11,17,23H,(H,19,22). The van der Waals surface area contributed by atoms with Gasteiger partial charge in [0.1, 0.15) is 23.1 Å². The molecule has 0 aliphatic rings. The van der Waals surface area contributed by atoms with E-state index in [9.17, 15) is 5.11 Å². The molecule has 3 heterocycles. The van der Waals surface area contributed by atoms with E-state index in [1.165, 1.54) is 0 Å². The van der Waals surface area contributed by atoms with E-state index in [-0.39, 0.29) is 5.75 Å². The van der Waals surface area contributed by atoms with Gasteiger partial charge < -0.3 is 14.9 Å². The van der Waals surface area contributed by atoms with Crippen LogP contribution >= 0.6 is 0 Å². The van der Waals surface area contributed by atoms with Crippen LogP contribution < -0.4 is 5.32 Å². The van der Waals surface area contributed by atoms with E-state index in [2.05, 4.69) is 20.4 Å². The topological polar surface area (TPSA) is 84.1 Å². The van der Waals surface area contributed by atoms with Crippen LogP contribution in [0.15, 0.2) is 71.6 Å². The monoisotopic (exact) mass is 318 g/mol. The molecule has 0 radical (unpaired) electrons. The molecular formula is C18H14N4O2. The summed E-state index contributed by atoms with van der Waals surface area (Å²) in [5.41, 5.74) is 1.19. The van der Waals surface area contributed by atoms with Gasteiger partial charge in [0.15, 0.2) is 5.76 Å². The fourth-order valence-corrected chi connectivity index (χ4v) is 2.65. The number of aromatic hydroxyl groups is 1. The summed E-state index contributed by atoms with van der Waals surface area (Å²) in [6, 6.07) is 14.4. The zero-order valence-corrected chi connectivity index (χ0v) is 12.6. The number of hydrogen-bond acceptors (Lipinski definition) is 6. The molecule has 0 aliphatic heterocycles. The van der Waals surface area contributed by atoms with Crippen molar-refractivity contribution in [1.82, 2.24) is 15.1 Å². The van der Waals surface area contributed by atoms with Gasteiger partial charge in [-0.15, -0.1) is 0 Å². The highest BCUT2D eigenvalue weighted by atomic mass is 16.5. The van der Waals surface area contributed by atoms with Crippen LogP contribution in [0.4, 0.5) is 5.82 Å². The van der Waals surface area contributed by atoms with Crippen molar-refractivity contribution < 1.29 is 9.63 Å². The molecule has 4 rings (SSSR count). The molecule has 118 valence electrons. The number of pyridine rings is 2. The number of aromatic nitrogens is 3. The Kier molecular flexibility index (Phi) is 3.55. The zero-order valence-electron chi connectivity index (χ0n) is 12.6. The van der Waals surface area contributed by atoms with Gasteiger partial charge in [-0.05, 0) is 18.2 Å². The molecular weight excluding hydrogens is 304 g/mol. The summed E-state index contributed by atoms with van der Waals surface area (Å²) in [7, 11) is 0. The quantitative estimate of drug-likeness (QED) is 0.599. The minimum absolute atomic E-state index is 0.109. The van der Waals surface area contributed by atoms with Gasteiger partial charge in [0, 0.05) is 29.4 Å². The molecule has 0 amide bonds. The number of fused-ring (bicyclic) bond motifs is 1. The third kappa shape index (κ3) is 2.54. The van der Waals surface area contributed by atoms with Gasteiger partial charge in [0.25, 0.3) is 0 Å². The summed E-state index contributed by atoms with van der Waals surface area (Å²) in [6.07, 6.45) is 4.92. The van der Waals surface area contributed by atoms with Crippen molar-refractivity contribution in [3.63, 3.8) is 0 Å². The van der Waals surface area contributed by atoms with Gasteiger partial charge in [-0.3, -0.25) is 4.98 Å². The Morgan fingerprint density at radius 1 is 0.917 bits per heavy atom. The predicted molar refractivity (Wildman–Crippen MR) is 89.6 cm³/mol. The maximum absolute atomic E-state index is 10.7. The van der Waals surface area contributed by atoms with E-state index < -0.39 is 6.04 Å². The SMILES string of the molecule is Oc1c(C(Nc2ccccn2)c2ccno2)ccc2cccnc12. The highest BCUT2D eigenvalue weighted by molar-refractivity contribution is 5.85. The highest BCUT2D eigenvalue weighted by Gasteiger charge is 2.23. The van der Waals surface area contributed by atoms with Crippen molar-refractivity contribution in [3.8, 4) is 5.75 Å². The lowest BCUT2D eigenvalue weighted by Gasteiger charge is -2.18. The fraction of sp³-hybridized carbons (Fsp3) is 0.0556. The first-order chi connectivity index (χ1) is 11.8. The first-order valence-corrected chi connectivity index (χ1v) is 7.47. The van der Waals surface area contributed by atoms with E-state index in [1.54, 1.807) is 24.7 Å². The van der Waals surface area contributed by atoms with Crippen LogP contribution in [0.5, 0.6) is 5.75 Å². The van der Waals surface area contributed by atoms with Crippen molar-refractivity contribution in [2.75, 3.05) is 5.32 Å². The molecule has 1 aromatic carbocycles. The summed E-state index contributed by atoms with van der Waals surface area (Å²) in [5, 5.41) is 18.6. The van der Waals surface area contributed by atoms with Gasteiger partial charge in [-0.1, -0.05) is 29.4 Å². The molecule has 3 aromatic heterocycles. The zero-order chi connectivity index (χ0) is 16.4. The van der Waals surface area contributed by atoms with Crippen LogP contribution in [0.1, 0.15) is 17.4 Å². The number of phenols is 1. The summed E-state index contributed by atoms with van der Waals surface area (Å²) >= 11 is 0. The highest BCUT2D eigenvalue weighted by Crippen LogP contribution is 2.35. The van der Waals surface area contributed by atoms with E-state index in [1.807, 2.05) is 42.5 Å². The summed E-state index contributed by atoms with van der Waals surface area (Å²) in [4.78, 5) is 8.55. The molecule has 2 N–H and O–H groups in total. The van der Waals surface area contributed by atoms with Crippen molar-refractivity contribution >= 4 is 16.7 Å². The van der Waals surface area contributed by atoms with Gasteiger partial charge >= 0.3 is 0 Å². The Bertz CT molecular complexity index is 955. The molecule has 1 atom stereocenters. The average Bonchev–Trinajstić information content (AvgIpc) is 3.16. The van der Waals surface area contributed by atoms with E-state index in [0.29, 0.717) is 22.7 Å². The number of benzene rings is 1. The van der Waals surface area contributed by atoms with Crippen LogP contribution in [0.25, 0.3) is 10.9 Å². The first-order valence-electron chi connectivity index (χ1n) is 7.47. The van der Waals surface area contributed by atoms with Gasteiger partial charge in [-0.2, -0.15) is 0 Å². The van der Waals surface area contributed by atoms with Gasteiger partial charge in [0.05, 0.1) is 6.20 Å². The molecule has 6 heteroatoms. The molecule has 0 saturated heterocycles. The van der Waals surface area contributed by atoms with Crippen LogP contribution in [0.3, 0.4) is 0 Å². The average molecular weight is 318 g/mol. The van der Waals surface area contributed by atoms with Crippen LogP contribution in [-0.2, 0) is 0 Å². The second-order valence-electron chi connectivity index (χ2n) is 5.29. The predicted octanol–water partition coefficient (Wildman–Crippen LogP) is 3.52. The second kappa shape index (κ2) is 6.00. The number of nitrogens with zero attached hydrogens (tertiary/aromatic N) is 3. The summed E-state index contributed by atoms with van der Waals surface area (Å²) in [6.45, 7) is 0. The Morgan fingerprint density at radius 3 is 2.62 bits per heavy atom. The minimum Gasteiger partial charge on any atom is -0.505 e. The third-order valence-corrected chi connectivity index (χ3v) is 3.79. The molecule has 6 nitrogen and oxygen atoms in total. The number of anilines is 1. The van der Waals surface area contributed by atoms with Gasteiger partial charge in [0.2, 0.25) is 0 Å². The maximum Gasteiger partial charge on any atom is 0.163 e. The van der Waals surface area contributed by atoms with E-state index >= 15 is 0 Å². The first kappa shape index (κ1) is 14.2. The maximum atomic E-state index is 10.7. The normalized spacial score (nSPS) is 12.2. The van der Waals surface area contributed by atoms with Crippen LogP contribution in [0, 0.1) is 0 Å². The van der Waals surface area contributed by atoms with Gasteiger partial charge in [-0.25, -0.2) is 4.98 Å². The molecule has 0 aliphatic carbocycles. The molecule has 0 saturated carbocycles. The van der Waals surface area contributed by atoms with E-state index in [4.69, 9.17) is 4.52 Å². The van der Waals surface area contributed by atoms with Crippen molar-refractivity contribution in [2.24, 2.45) is 0 Å². The Balaban J connectivity index is 1.83. The van der Waals surface area contributed by atoms with Crippen molar-refractivity contribution in [2.45, 2.75) is 6.04 Å². The lowest BCUT2D eigenvalue weighted by Crippen LogP contribution is -2.13. The minimum atomic E-state index is -0.436. The van der Waals surface area contributed by atoms with Crippen LogP contribution in [0.2, 0.25) is 0 Å². The number of hydrogen-bond donors (Lipinski definition) is 2. The smallest absolute Gasteiger partial charge is 0.163 e. The van der Waals surface area contributed by atoms with Crippen LogP contribution in [-0.4, -0.2) is 20.2 Å². The fourth-order valence-electron chi connectivity index (χ4n) is 2.65. The molecule has 24 heavy (non-hydrogen) atoms. The molecule has 1 unspecified atom stereocenters. The molecule has 0 spiro atoms. The summed E-state index contributed by atoms with van der Waals surface area (Å²) in [5.74, 6) is 1.35. The number of nitrogens with one attached hydrogen (secondary N) is 1. The van der Waals surface area contributed by atoms with Crippen molar-refractivity contribution in [1.29, 1.82) is 0 Å². The van der Waals surface area contributed by atoms with Crippen molar-refractivity contribution in [3.05, 3.63) is 78.4 Å². The number of rotatable bonds is 4. The summed E-state index contributed by atoms with van der Waals surface area (Å²) < 4.78 is 5.32. The molecule has 0 bridgehead atoms. The van der Waals surface area contributed by atoms with E-state index in [0.717, 1.165) is 5.39 Å². The Hall–Kier alpha value is -3.41. The lowest BCUT2D eigenvalue weighted by atomic mass is 10.0. The Morgan fingerprint density at radius 2 is 1.83 bits per heavy atom. The second-order valence-corrected chi connectivity index (χ2v) is 5.29. The number of phenolic OH excluding ortho intramolecular Hbond substituents is 1. The largest absolute Gasteiger partial charge is 0.505 e. The Labute approximate surface area is 137 Å². The third-order valence-electron chi connectivity index (χ3n) is 3.79. The molecule has 4 aromatic rings.